The molecule has 0 spiro atoms. The van der Waals surface area contributed by atoms with E-state index in [4.69, 9.17) is 0 Å². The second-order valence-corrected chi connectivity index (χ2v) is 9.43. The van der Waals surface area contributed by atoms with Crippen molar-refractivity contribution >= 4 is 40.1 Å². The Bertz CT molecular complexity index is 1520. The standard InChI is InChI=1S/C31H28FN5O2/c1-36(2)17-18-37(31(39)22-9-6-16-33-20-22)25-13-11-24(12-14-25)34-29(21-7-4-3-5-8-21)28-26-15-10-23(32)19-27(26)35-30(28)38/h3-16,19-20,34H,17-18H2,1-2H3,(H,35,38)/b29-28-. The summed E-state index contributed by atoms with van der Waals surface area (Å²) in [6.45, 7) is 1.19. The van der Waals surface area contributed by atoms with Gasteiger partial charge >= 0.3 is 0 Å². The molecule has 0 unspecified atom stereocenters. The van der Waals surface area contributed by atoms with Crippen LogP contribution in [0.2, 0.25) is 0 Å². The van der Waals surface area contributed by atoms with Crippen LogP contribution in [-0.2, 0) is 4.79 Å². The Labute approximate surface area is 226 Å². The van der Waals surface area contributed by atoms with Crippen molar-refractivity contribution in [3.8, 4) is 0 Å². The zero-order chi connectivity index (χ0) is 27.4. The normalized spacial score (nSPS) is 13.6. The molecule has 5 rings (SSSR count). The molecule has 0 radical (unpaired) electrons. The molecule has 1 aromatic heterocycles. The molecule has 0 aliphatic carbocycles. The molecule has 4 aromatic rings. The van der Waals surface area contributed by atoms with Crippen molar-refractivity contribution in [2.45, 2.75) is 0 Å². The molecule has 2 amide bonds. The summed E-state index contributed by atoms with van der Waals surface area (Å²) in [6.07, 6.45) is 3.20. The quantitative estimate of drug-likeness (QED) is 0.305. The van der Waals surface area contributed by atoms with E-state index < -0.39 is 5.82 Å². The van der Waals surface area contributed by atoms with Gasteiger partial charge in [-0.1, -0.05) is 30.3 Å². The molecule has 196 valence electrons. The first-order valence-electron chi connectivity index (χ1n) is 12.6. The number of fused-ring (bicyclic) bond motifs is 1. The monoisotopic (exact) mass is 521 g/mol. The molecule has 7 nitrogen and oxygen atoms in total. The molecule has 0 saturated heterocycles. The number of rotatable bonds is 8. The first kappa shape index (κ1) is 25.8. The average molecular weight is 522 g/mol. The van der Waals surface area contributed by atoms with Crippen molar-refractivity contribution in [2.75, 3.05) is 42.7 Å². The number of hydrogen-bond acceptors (Lipinski definition) is 5. The number of amides is 2. The topological polar surface area (TPSA) is 77.6 Å². The van der Waals surface area contributed by atoms with Crippen LogP contribution in [0.5, 0.6) is 0 Å². The highest BCUT2D eigenvalue weighted by atomic mass is 19.1. The number of pyridine rings is 1. The largest absolute Gasteiger partial charge is 0.354 e. The van der Waals surface area contributed by atoms with Gasteiger partial charge in [-0.3, -0.25) is 14.6 Å². The van der Waals surface area contributed by atoms with Gasteiger partial charge < -0.3 is 20.4 Å². The number of benzene rings is 3. The zero-order valence-electron chi connectivity index (χ0n) is 21.7. The molecule has 39 heavy (non-hydrogen) atoms. The number of aromatic nitrogens is 1. The molecule has 8 heteroatoms. The number of hydrogen-bond donors (Lipinski definition) is 2. The van der Waals surface area contributed by atoms with Crippen LogP contribution in [0.15, 0.2) is 97.3 Å². The number of nitrogens with one attached hydrogen (secondary N) is 2. The molecule has 0 fully saturated rings. The van der Waals surface area contributed by atoms with E-state index in [1.54, 1.807) is 35.5 Å². The molecule has 0 atom stereocenters. The van der Waals surface area contributed by atoms with Crippen LogP contribution in [0, 0.1) is 5.82 Å². The lowest BCUT2D eigenvalue weighted by Gasteiger charge is -2.25. The van der Waals surface area contributed by atoms with E-state index in [-0.39, 0.29) is 11.8 Å². The number of halogens is 1. The second kappa shape index (κ2) is 11.3. The third kappa shape index (κ3) is 5.71. The number of nitrogens with zero attached hydrogens (tertiary/aromatic N) is 3. The lowest BCUT2D eigenvalue weighted by molar-refractivity contribution is -0.110. The highest BCUT2D eigenvalue weighted by Crippen LogP contribution is 2.38. The minimum absolute atomic E-state index is 0.135. The number of likely N-dealkylation sites (N-methyl/N-ethyl adjacent to an activating group) is 1. The van der Waals surface area contributed by atoms with Crippen LogP contribution in [0.1, 0.15) is 21.5 Å². The lowest BCUT2D eigenvalue weighted by atomic mass is 10.00. The molecule has 0 bridgehead atoms. The number of carbonyl (C=O) groups excluding carboxylic acids is 2. The van der Waals surface area contributed by atoms with Crippen molar-refractivity contribution in [1.29, 1.82) is 0 Å². The Morgan fingerprint density at radius 3 is 2.36 bits per heavy atom. The summed E-state index contributed by atoms with van der Waals surface area (Å²) in [5.74, 6) is -0.862. The van der Waals surface area contributed by atoms with Crippen LogP contribution in [0.4, 0.5) is 21.5 Å². The molecule has 2 heterocycles. The van der Waals surface area contributed by atoms with Gasteiger partial charge in [-0.05, 0) is 74.3 Å². The molecule has 0 saturated carbocycles. The first-order chi connectivity index (χ1) is 18.9. The van der Waals surface area contributed by atoms with Crippen molar-refractivity contribution in [3.05, 3.63) is 120 Å². The summed E-state index contributed by atoms with van der Waals surface area (Å²) in [7, 11) is 3.92. The Hall–Kier alpha value is -4.82. The first-order valence-corrected chi connectivity index (χ1v) is 12.6. The van der Waals surface area contributed by atoms with Gasteiger partial charge in [-0.25, -0.2) is 4.39 Å². The Kier molecular flexibility index (Phi) is 7.47. The summed E-state index contributed by atoms with van der Waals surface area (Å²) >= 11 is 0. The van der Waals surface area contributed by atoms with Gasteiger partial charge in [0.25, 0.3) is 11.8 Å². The minimum Gasteiger partial charge on any atom is -0.354 e. The maximum atomic E-state index is 13.8. The SMILES string of the molecule is CN(C)CCN(C(=O)c1cccnc1)c1ccc(N/C(=C2\C(=O)Nc3cc(F)ccc32)c2ccccc2)cc1. The smallest absolute Gasteiger partial charge is 0.259 e. The molecule has 3 aromatic carbocycles. The van der Waals surface area contributed by atoms with Crippen LogP contribution in [-0.4, -0.2) is 48.9 Å². The number of anilines is 3. The van der Waals surface area contributed by atoms with Gasteiger partial charge in [-0.15, -0.1) is 0 Å². The maximum absolute atomic E-state index is 13.8. The fraction of sp³-hybridized carbons (Fsp3) is 0.129. The predicted octanol–water partition coefficient (Wildman–Crippen LogP) is 5.36. The van der Waals surface area contributed by atoms with E-state index in [1.807, 2.05) is 73.6 Å². The van der Waals surface area contributed by atoms with E-state index in [2.05, 4.69) is 15.6 Å². The minimum atomic E-state index is -0.417. The Balaban J connectivity index is 1.49. The van der Waals surface area contributed by atoms with Crippen LogP contribution in [0.25, 0.3) is 11.3 Å². The van der Waals surface area contributed by atoms with Gasteiger partial charge in [-0.2, -0.15) is 0 Å². The molecule has 1 aliphatic heterocycles. The van der Waals surface area contributed by atoms with Gasteiger partial charge in [0.15, 0.2) is 0 Å². The third-order valence-corrected chi connectivity index (χ3v) is 6.41. The van der Waals surface area contributed by atoms with Crippen molar-refractivity contribution < 1.29 is 14.0 Å². The fourth-order valence-corrected chi connectivity index (χ4v) is 4.44. The van der Waals surface area contributed by atoms with E-state index in [9.17, 15) is 14.0 Å². The average Bonchev–Trinajstić information content (AvgIpc) is 3.27. The predicted molar refractivity (Wildman–Crippen MR) is 153 cm³/mol. The van der Waals surface area contributed by atoms with Gasteiger partial charge in [0.05, 0.1) is 22.5 Å². The van der Waals surface area contributed by atoms with E-state index in [1.165, 1.54) is 12.1 Å². The van der Waals surface area contributed by atoms with Crippen molar-refractivity contribution in [2.24, 2.45) is 0 Å². The summed E-state index contributed by atoms with van der Waals surface area (Å²) in [6, 6.07) is 24.8. The summed E-state index contributed by atoms with van der Waals surface area (Å²) in [5, 5.41) is 6.17. The molecule has 1 aliphatic rings. The molecular formula is C31H28FN5O2. The molecule has 2 N–H and O–H groups in total. The highest BCUT2D eigenvalue weighted by Gasteiger charge is 2.29. The third-order valence-electron chi connectivity index (χ3n) is 6.41. The number of carbonyl (C=O) groups is 2. The van der Waals surface area contributed by atoms with Crippen LogP contribution < -0.4 is 15.5 Å². The lowest BCUT2D eigenvalue weighted by Crippen LogP contribution is -2.36. The summed E-state index contributed by atoms with van der Waals surface area (Å²) < 4.78 is 13.8. The van der Waals surface area contributed by atoms with Crippen LogP contribution >= 0.6 is 0 Å². The summed E-state index contributed by atoms with van der Waals surface area (Å²) in [4.78, 5) is 34.2. The van der Waals surface area contributed by atoms with Gasteiger partial charge in [0.2, 0.25) is 0 Å². The highest BCUT2D eigenvalue weighted by molar-refractivity contribution is 6.37. The molecular weight excluding hydrogens is 493 g/mol. The maximum Gasteiger partial charge on any atom is 0.259 e. The Morgan fingerprint density at radius 2 is 1.67 bits per heavy atom. The van der Waals surface area contributed by atoms with Gasteiger partial charge in [0, 0.05) is 42.4 Å². The zero-order valence-corrected chi connectivity index (χ0v) is 21.7. The fourth-order valence-electron chi connectivity index (χ4n) is 4.44. The van der Waals surface area contributed by atoms with Gasteiger partial charge in [0.1, 0.15) is 5.82 Å². The van der Waals surface area contributed by atoms with E-state index in [0.717, 1.165) is 16.9 Å². The van der Waals surface area contributed by atoms with E-state index >= 15 is 0 Å². The van der Waals surface area contributed by atoms with E-state index in [0.29, 0.717) is 41.2 Å². The van der Waals surface area contributed by atoms with Crippen LogP contribution in [0.3, 0.4) is 0 Å². The summed E-state index contributed by atoms with van der Waals surface area (Å²) in [5.41, 5.74) is 4.88. The van der Waals surface area contributed by atoms with Crippen molar-refractivity contribution in [3.63, 3.8) is 0 Å². The van der Waals surface area contributed by atoms with Crippen molar-refractivity contribution in [1.82, 2.24) is 9.88 Å². The second-order valence-electron chi connectivity index (χ2n) is 9.43. The Morgan fingerprint density at radius 1 is 0.923 bits per heavy atom.